The molecule has 0 aliphatic rings. The van der Waals surface area contributed by atoms with Crippen LogP contribution in [-0.4, -0.2) is 34.3 Å². The van der Waals surface area contributed by atoms with Gasteiger partial charge in [-0.2, -0.15) is 0 Å². The van der Waals surface area contributed by atoms with Crippen molar-refractivity contribution >= 4 is 11.9 Å². The van der Waals surface area contributed by atoms with E-state index in [-0.39, 0.29) is 11.1 Å². The van der Waals surface area contributed by atoms with Crippen LogP contribution < -0.4 is 16.2 Å². The quantitative estimate of drug-likeness (QED) is 0.812. The van der Waals surface area contributed by atoms with E-state index >= 15 is 0 Å². The van der Waals surface area contributed by atoms with Crippen molar-refractivity contribution in [2.45, 2.75) is 59.1 Å². The van der Waals surface area contributed by atoms with Gasteiger partial charge in [0.05, 0.1) is 0 Å². The molecule has 23 heavy (non-hydrogen) atoms. The molecule has 0 saturated carbocycles. The molecule has 0 aromatic carbocycles. The summed E-state index contributed by atoms with van der Waals surface area (Å²) in [6, 6.07) is 0. The second-order valence-electron chi connectivity index (χ2n) is 7.33. The van der Waals surface area contributed by atoms with Crippen LogP contribution in [0.5, 0.6) is 0 Å². The van der Waals surface area contributed by atoms with Gasteiger partial charge in [0.15, 0.2) is 5.82 Å². The zero-order valence-electron chi connectivity index (χ0n) is 14.9. The maximum absolute atomic E-state index is 12.3. The number of nitrogens with zero attached hydrogens (tertiary/aromatic N) is 2. The minimum absolute atomic E-state index is 0.153. The molecular weight excluding hydrogens is 296 g/mol. The first-order chi connectivity index (χ1) is 10.5. The Morgan fingerprint density at radius 1 is 1.22 bits per heavy atom. The van der Waals surface area contributed by atoms with E-state index in [1.54, 1.807) is 17.0 Å². The molecule has 0 spiro atoms. The van der Waals surface area contributed by atoms with Gasteiger partial charge in [0.2, 0.25) is 0 Å². The minimum atomic E-state index is -0.506. The van der Waals surface area contributed by atoms with Crippen LogP contribution in [0, 0.1) is 0 Å². The summed E-state index contributed by atoms with van der Waals surface area (Å²) in [7, 11) is 0. The zero-order valence-corrected chi connectivity index (χ0v) is 14.9. The van der Waals surface area contributed by atoms with Gasteiger partial charge in [0, 0.05) is 31.0 Å². The second-order valence-corrected chi connectivity index (χ2v) is 7.33. The standard InChI is InChI=1S/C16H28N4O3/c1-15(2,3)20-11-10-18-12(13(20)21)17-8-7-9-19-14(22)23-16(4,5)6/h10-11H,7-9H2,1-6H3,(H,17,18)(H,19,22). The molecule has 0 aliphatic heterocycles. The largest absolute Gasteiger partial charge is 0.444 e. The highest BCUT2D eigenvalue weighted by atomic mass is 16.6. The third kappa shape index (κ3) is 6.71. The van der Waals surface area contributed by atoms with E-state index in [0.717, 1.165) is 0 Å². The molecular formula is C16H28N4O3. The maximum atomic E-state index is 12.3. The van der Waals surface area contributed by atoms with Crippen molar-refractivity contribution in [2.75, 3.05) is 18.4 Å². The molecule has 0 unspecified atom stereocenters. The number of aromatic nitrogens is 2. The number of anilines is 1. The Bertz CT molecular complexity index is 582. The summed E-state index contributed by atoms with van der Waals surface area (Å²) in [5.41, 5.74) is -0.955. The third-order valence-electron chi connectivity index (χ3n) is 2.88. The Morgan fingerprint density at radius 3 is 2.43 bits per heavy atom. The molecule has 1 rings (SSSR count). The van der Waals surface area contributed by atoms with Crippen molar-refractivity contribution in [1.29, 1.82) is 0 Å². The topological polar surface area (TPSA) is 85.2 Å². The van der Waals surface area contributed by atoms with Gasteiger partial charge >= 0.3 is 6.09 Å². The Labute approximate surface area is 137 Å². The molecule has 130 valence electrons. The number of nitrogens with one attached hydrogen (secondary N) is 2. The van der Waals surface area contributed by atoms with E-state index in [2.05, 4.69) is 15.6 Å². The van der Waals surface area contributed by atoms with Gasteiger partial charge in [-0.05, 0) is 48.0 Å². The summed E-state index contributed by atoms with van der Waals surface area (Å²) in [5, 5.41) is 5.68. The van der Waals surface area contributed by atoms with Gasteiger partial charge < -0.3 is 19.9 Å². The maximum Gasteiger partial charge on any atom is 0.407 e. The summed E-state index contributed by atoms with van der Waals surface area (Å²) in [5.74, 6) is 0.319. The van der Waals surface area contributed by atoms with Crippen LogP contribution in [0.2, 0.25) is 0 Å². The molecule has 0 atom stereocenters. The van der Waals surface area contributed by atoms with Crippen LogP contribution in [0.1, 0.15) is 48.0 Å². The first kappa shape index (κ1) is 19.0. The molecule has 1 heterocycles. The molecule has 1 aromatic rings. The fourth-order valence-electron chi connectivity index (χ4n) is 1.86. The number of carbonyl (C=O) groups is 1. The summed E-state index contributed by atoms with van der Waals surface area (Å²) in [4.78, 5) is 27.9. The van der Waals surface area contributed by atoms with E-state index in [9.17, 15) is 9.59 Å². The predicted octanol–water partition coefficient (Wildman–Crippen LogP) is 2.33. The Kier molecular flexibility index (Phi) is 6.18. The summed E-state index contributed by atoms with van der Waals surface area (Å²) < 4.78 is 6.78. The lowest BCUT2D eigenvalue weighted by Crippen LogP contribution is -2.35. The van der Waals surface area contributed by atoms with Gasteiger partial charge in [-0.15, -0.1) is 0 Å². The predicted molar refractivity (Wildman–Crippen MR) is 90.8 cm³/mol. The van der Waals surface area contributed by atoms with Crippen LogP contribution in [0.25, 0.3) is 0 Å². The highest BCUT2D eigenvalue weighted by Gasteiger charge is 2.17. The number of rotatable bonds is 5. The fourth-order valence-corrected chi connectivity index (χ4v) is 1.86. The number of amides is 1. The Balaban J connectivity index is 2.43. The Hall–Kier alpha value is -2.05. The lowest BCUT2D eigenvalue weighted by atomic mass is 10.1. The van der Waals surface area contributed by atoms with E-state index in [4.69, 9.17) is 4.74 Å². The average Bonchev–Trinajstić information content (AvgIpc) is 2.36. The number of alkyl carbamates (subject to hydrolysis) is 1. The third-order valence-corrected chi connectivity index (χ3v) is 2.88. The highest BCUT2D eigenvalue weighted by molar-refractivity contribution is 5.67. The molecule has 0 saturated heterocycles. The molecule has 0 aliphatic carbocycles. The first-order valence-corrected chi connectivity index (χ1v) is 7.79. The SMILES string of the molecule is CC(C)(C)OC(=O)NCCCNc1nccn(C(C)(C)C)c1=O. The van der Waals surface area contributed by atoms with Gasteiger partial charge in [0.25, 0.3) is 5.56 Å². The first-order valence-electron chi connectivity index (χ1n) is 7.79. The van der Waals surface area contributed by atoms with Gasteiger partial charge in [0.1, 0.15) is 5.60 Å². The normalized spacial score (nSPS) is 11.9. The minimum Gasteiger partial charge on any atom is -0.444 e. The van der Waals surface area contributed by atoms with Crippen LogP contribution in [-0.2, 0) is 10.3 Å². The lowest BCUT2D eigenvalue weighted by Gasteiger charge is -2.22. The number of ether oxygens (including phenoxy) is 1. The van der Waals surface area contributed by atoms with Crippen molar-refractivity contribution in [1.82, 2.24) is 14.9 Å². The van der Waals surface area contributed by atoms with Crippen molar-refractivity contribution in [3.8, 4) is 0 Å². The van der Waals surface area contributed by atoms with Crippen LogP contribution in [0.4, 0.5) is 10.6 Å². The number of hydrogen-bond acceptors (Lipinski definition) is 5. The molecule has 0 fully saturated rings. The highest BCUT2D eigenvalue weighted by Crippen LogP contribution is 2.10. The molecule has 2 N–H and O–H groups in total. The monoisotopic (exact) mass is 324 g/mol. The fraction of sp³-hybridized carbons (Fsp3) is 0.688. The van der Waals surface area contributed by atoms with Crippen LogP contribution in [0.15, 0.2) is 17.2 Å². The van der Waals surface area contributed by atoms with Crippen molar-refractivity contribution in [3.05, 3.63) is 22.7 Å². The molecule has 0 radical (unpaired) electrons. The molecule has 0 bridgehead atoms. The van der Waals surface area contributed by atoms with Crippen LogP contribution >= 0.6 is 0 Å². The molecule has 7 nitrogen and oxygen atoms in total. The van der Waals surface area contributed by atoms with Crippen molar-refractivity contribution in [3.63, 3.8) is 0 Å². The number of carbonyl (C=O) groups excluding carboxylic acids is 1. The van der Waals surface area contributed by atoms with Gasteiger partial charge in [-0.25, -0.2) is 9.78 Å². The van der Waals surface area contributed by atoms with E-state index < -0.39 is 11.7 Å². The van der Waals surface area contributed by atoms with Crippen molar-refractivity contribution in [2.24, 2.45) is 0 Å². The smallest absolute Gasteiger partial charge is 0.407 e. The Morgan fingerprint density at radius 2 is 1.87 bits per heavy atom. The van der Waals surface area contributed by atoms with Crippen LogP contribution in [0.3, 0.4) is 0 Å². The van der Waals surface area contributed by atoms with Crippen molar-refractivity contribution < 1.29 is 9.53 Å². The number of hydrogen-bond donors (Lipinski definition) is 2. The lowest BCUT2D eigenvalue weighted by molar-refractivity contribution is 0.0528. The summed E-state index contributed by atoms with van der Waals surface area (Å²) >= 11 is 0. The summed E-state index contributed by atoms with van der Waals surface area (Å²) in [6.45, 7) is 12.3. The molecule has 1 aromatic heterocycles. The van der Waals surface area contributed by atoms with E-state index in [1.807, 2.05) is 41.5 Å². The van der Waals surface area contributed by atoms with E-state index in [0.29, 0.717) is 25.3 Å². The zero-order chi connectivity index (χ0) is 17.7. The second kappa shape index (κ2) is 7.48. The van der Waals surface area contributed by atoms with Gasteiger partial charge in [-0.1, -0.05) is 0 Å². The molecule has 7 heteroatoms. The average molecular weight is 324 g/mol. The molecule has 1 amide bonds. The van der Waals surface area contributed by atoms with E-state index in [1.165, 1.54) is 0 Å². The van der Waals surface area contributed by atoms with Gasteiger partial charge in [-0.3, -0.25) is 4.79 Å². The summed E-state index contributed by atoms with van der Waals surface area (Å²) in [6.07, 6.45) is 3.50.